The van der Waals surface area contributed by atoms with Gasteiger partial charge in [-0.2, -0.15) is 0 Å². The molecule has 0 heterocycles. The first-order valence-electron chi connectivity index (χ1n) is 5.45. The van der Waals surface area contributed by atoms with Gasteiger partial charge in [0.2, 0.25) is 0 Å². The van der Waals surface area contributed by atoms with Crippen LogP contribution in [0.15, 0.2) is 18.2 Å². The molecule has 0 spiro atoms. The van der Waals surface area contributed by atoms with Crippen LogP contribution in [0.25, 0.3) is 0 Å². The molecule has 0 saturated heterocycles. The van der Waals surface area contributed by atoms with E-state index < -0.39 is 17.5 Å². The maximum atomic E-state index is 13.4. The Kier molecular flexibility index (Phi) is 5.03. The van der Waals surface area contributed by atoms with E-state index in [4.69, 9.17) is 5.11 Å². The molecule has 1 aromatic rings. The fourth-order valence-corrected chi connectivity index (χ4v) is 1.54. The van der Waals surface area contributed by atoms with Gasteiger partial charge in [-0.05, 0) is 24.6 Å². The lowest BCUT2D eigenvalue weighted by Crippen LogP contribution is -2.34. The van der Waals surface area contributed by atoms with Crippen LogP contribution in [0, 0.1) is 11.6 Å². The first kappa shape index (κ1) is 13.6. The predicted octanol–water partition coefficient (Wildman–Crippen LogP) is 1.81. The Morgan fingerprint density at radius 3 is 2.65 bits per heavy atom. The van der Waals surface area contributed by atoms with Gasteiger partial charge in [-0.15, -0.1) is 0 Å². The van der Waals surface area contributed by atoms with Gasteiger partial charge >= 0.3 is 0 Å². The minimum Gasteiger partial charge on any atom is -0.395 e. The van der Waals surface area contributed by atoms with E-state index in [2.05, 4.69) is 0 Å². The Labute approximate surface area is 98.7 Å². The lowest BCUT2D eigenvalue weighted by atomic mass is 10.1. The zero-order valence-electron chi connectivity index (χ0n) is 9.62. The van der Waals surface area contributed by atoms with Crippen LogP contribution in [-0.4, -0.2) is 35.6 Å². The van der Waals surface area contributed by atoms with E-state index in [1.54, 1.807) is 0 Å². The minimum absolute atomic E-state index is 0.114. The fourth-order valence-electron chi connectivity index (χ4n) is 1.54. The lowest BCUT2D eigenvalue weighted by Gasteiger charge is -2.21. The Morgan fingerprint density at radius 1 is 1.35 bits per heavy atom. The molecule has 0 aromatic heterocycles. The van der Waals surface area contributed by atoms with Gasteiger partial charge in [-0.1, -0.05) is 6.92 Å². The number of hydrogen-bond donors (Lipinski definition) is 1. The number of carbonyl (C=O) groups excluding carboxylic acids is 1. The third-order valence-electron chi connectivity index (χ3n) is 2.31. The summed E-state index contributed by atoms with van der Waals surface area (Å²) in [5, 5.41) is 8.82. The molecule has 1 aromatic carbocycles. The summed E-state index contributed by atoms with van der Waals surface area (Å²) in [5.41, 5.74) is -0.299. The van der Waals surface area contributed by atoms with E-state index in [9.17, 15) is 13.6 Å². The quantitative estimate of drug-likeness (QED) is 0.856. The number of carbonyl (C=O) groups is 1. The van der Waals surface area contributed by atoms with Crippen molar-refractivity contribution < 1.29 is 18.7 Å². The zero-order chi connectivity index (χ0) is 12.8. The van der Waals surface area contributed by atoms with Crippen LogP contribution >= 0.6 is 0 Å². The summed E-state index contributed by atoms with van der Waals surface area (Å²) < 4.78 is 26.3. The van der Waals surface area contributed by atoms with Gasteiger partial charge in [0.1, 0.15) is 11.6 Å². The summed E-state index contributed by atoms with van der Waals surface area (Å²) in [6.45, 7) is 2.17. The molecule has 1 rings (SSSR count). The third-order valence-corrected chi connectivity index (χ3v) is 2.31. The topological polar surface area (TPSA) is 40.5 Å². The molecule has 5 heteroatoms. The number of nitrogens with zero attached hydrogens (tertiary/aromatic N) is 1. The van der Waals surface area contributed by atoms with Crippen molar-refractivity contribution in [3.8, 4) is 0 Å². The molecule has 0 aliphatic carbocycles. The number of rotatable bonds is 5. The molecule has 94 valence electrons. The van der Waals surface area contributed by atoms with Crippen molar-refractivity contribution in [2.75, 3.05) is 19.7 Å². The maximum absolute atomic E-state index is 13.4. The van der Waals surface area contributed by atoms with Crippen LogP contribution in [0.1, 0.15) is 23.7 Å². The van der Waals surface area contributed by atoms with Gasteiger partial charge < -0.3 is 10.0 Å². The van der Waals surface area contributed by atoms with Gasteiger partial charge in [0.25, 0.3) is 5.91 Å². The van der Waals surface area contributed by atoms with Gasteiger partial charge in [-0.25, -0.2) is 8.78 Å². The van der Waals surface area contributed by atoms with E-state index in [1.165, 1.54) is 4.90 Å². The molecule has 3 nitrogen and oxygen atoms in total. The molecule has 0 atom stereocenters. The monoisotopic (exact) mass is 243 g/mol. The highest BCUT2D eigenvalue weighted by Gasteiger charge is 2.18. The summed E-state index contributed by atoms with van der Waals surface area (Å²) in [5.74, 6) is -2.01. The zero-order valence-corrected chi connectivity index (χ0v) is 9.62. The Hall–Kier alpha value is -1.49. The molecule has 17 heavy (non-hydrogen) atoms. The number of benzene rings is 1. The average molecular weight is 243 g/mol. The minimum atomic E-state index is -0.754. The molecule has 0 unspecified atom stereocenters. The number of halogens is 2. The van der Waals surface area contributed by atoms with Crippen LogP contribution in [0.4, 0.5) is 8.78 Å². The third kappa shape index (κ3) is 3.49. The van der Waals surface area contributed by atoms with Gasteiger partial charge in [0.15, 0.2) is 0 Å². The Morgan fingerprint density at radius 2 is 2.06 bits per heavy atom. The number of aliphatic hydroxyl groups is 1. The lowest BCUT2D eigenvalue weighted by molar-refractivity contribution is 0.0716. The van der Waals surface area contributed by atoms with Crippen molar-refractivity contribution in [3.05, 3.63) is 35.4 Å². The number of hydrogen-bond acceptors (Lipinski definition) is 2. The predicted molar refractivity (Wildman–Crippen MR) is 59.6 cm³/mol. The van der Waals surface area contributed by atoms with E-state index >= 15 is 0 Å². The van der Waals surface area contributed by atoms with Gasteiger partial charge in [-0.3, -0.25) is 4.79 Å². The van der Waals surface area contributed by atoms with E-state index in [0.29, 0.717) is 13.0 Å². The SMILES string of the molecule is CCCN(CCO)C(=O)c1cc(F)ccc1F. The molecule has 0 fully saturated rings. The van der Waals surface area contributed by atoms with Crippen molar-refractivity contribution in [1.29, 1.82) is 0 Å². The van der Waals surface area contributed by atoms with Crippen LogP contribution < -0.4 is 0 Å². The second kappa shape index (κ2) is 6.30. The van der Waals surface area contributed by atoms with Crippen molar-refractivity contribution >= 4 is 5.91 Å². The molecule has 0 radical (unpaired) electrons. The Balaban J connectivity index is 2.95. The molecule has 0 aliphatic heterocycles. The Bertz CT molecular complexity index is 390. The average Bonchev–Trinajstić information content (AvgIpc) is 2.31. The van der Waals surface area contributed by atoms with Crippen LogP contribution in [0.3, 0.4) is 0 Å². The highest BCUT2D eigenvalue weighted by Crippen LogP contribution is 2.12. The molecule has 0 aliphatic rings. The van der Waals surface area contributed by atoms with Crippen molar-refractivity contribution in [3.63, 3.8) is 0 Å². The van der Waals surface area contributed by atoms with Crippen LogP contribution in [0.2, 0.25) is 0 Å². The summed E-state index contributed by atoms with van der Waals surface area (Å²) >= 11 is 0. The molecular weight excluding hydrogens is 228 g/mol. The highest BCUT2D eigenvalue weighted by atomic mass is 19.1. The second-order valence-electron chi connectivity index (χ2n) is 3.64. The van der Waals surface area contributed by atoms with E-state index in [0.717, 1.165) is 18.2 Å². The largest absolute Gasteiger partial charge is 0.395 e. The highest BCUT2D eigenvalue weighted by molar-refractivity contribution is 5.94. The van der Waals surface area contributed by atoms with E-state index in [1.807, 2.05) is 6.92 Å². The van der Waals surface area contributed by atoms with Crippen molar-refractivity contribution in [2.24, 2.45) is 0 Å². The van der Waals surface area contributed by atoms with Gasteiger partial charge in [0, 0.05) is 13.1 Å². The summed E-state index contributed by atoms with van der Waals surface area (Å²) in [4.78, 5) is 13.2. The molecule has 0 bridgehead atoms. The van der Waals surface area contributed by atoms with Crippen LogP contribution in [-0.2, 0) is 0 Å². The first-order chi connectivity index (χ1) is 8.10. The first-order valence-corrected chi connectivity index (χ1v) is 5.45. The summed E-state index contributed by atoms with van der Waals surface area (Å²) in [6.07, 6.45) is 0.683. The smallest absolute Gasteiger partial charge is 0.257 e. The van der Waals surface area contributed by atoms with E-state index in [-0.39, 0.29) is 18.7 Å². The summed E-state index contributed by atoms with van der Waals surface area (Å²) in [7, 11) is 0. The normalized spacial score (nSPS) is 10.4. The molecule has 1 amide bonds. The van der Waals surface area contributed by atoms with Gasteiger partial charge in [0.05, 0.1) is 12.2 Å². The number of aliphatic hydroxyl groups excluding tert-OH is 1. The number of amides is 1. The van der Waals surface area contributed by atoms with Crippen molar-refractivity contribution in [2.45, 2.75) is 13.3 Å². The van der Waals surface area contributed by atoms with Crippen molar-refractivity contribution in [1.82, 2.24) is 4.90 Å². The summed E-state index contributed by atoms with van der Waals surface area (Å²) in [6, 6.07) is 2.76. The fraction of sp³-hybridized carbons (Fsp3) is 0.417. The molecule has 0 saturated carbocycles. The molecular formula is C12H15F2NO2. The molecule has 1 N–H and O–H groups in total. The maximum Gasteiger partial charge on any atom is 0.257 e. The van der Waals surface area contributed by atoms with Crippen LogP contribution in [0.5, 0.6) is 0 Å². The standard InChI is InChI=1S/C12H15F2NO2/c1-2-5-15(6-7-16)12(17)10-8-9(13)3-4-11(10)14/h3-4,8,16H,2,5-7H2,1H3. The second-order valence-corrected chi connectivity index (χ2v) is 3.64.